The standard InChI is InChI=1S/C20H29N4O22P3/c1-39-7-3-23(19(31)21-15(7)29)17-13(27)11(25)9(43-17)5-41-47(33,34)45-49(37,38)46-48(35,36)42-6-10-12(26)14(28)18(44-10)24-4-8(40-2)16(30)22-20(24)32/h3-4,9-14,17-18,25-28H,5-6H2,1-2H3,(H,33,34)(H,35,36)(H,37,38)(H,21,29,31)(H,22,30,32)/t9-,10+,11?,12?,13?,14?,17-,18+. The highest BCUT2D eigenvalue weighted by atomic mass is 31.3. The summed E-state index contributed by atoms with van der Waals surface area (Å²) in [5.74, 6) is -0.779. The van der Waals surface area contributed by atoms with E-state index in [0.29, 0.717) is 9.13 Å². The van der Waals surface area contributed by atoms with Crippen molar-refractivity contribution in [1.82, 2.24) is 19.1 Å². The molecule has 49 heavy (non-hydrogen) atoms. The van der Waals surface area contributed by atoms with E-state index in [4.69, 9.17) is 18.9 Å². The fourth-order valence-electron chi connectivity index (χ4n) is 4.45. The summed E-state index contributed by atoms with van der Waals surface area (Å²) in [6.45, 7) is -2.34. The van der Waals surface area contributed by atoms with Crippen LogP contribution in [0.5, 0.6) is 11.5 Å². The van der Waals surface area contributed by atoms with E-state index in [9.17, 15) is 68.0 Å². The van der Waals surface area contributed by atoms with Crippen LogP contribution < -0.4 is 32.0 Å². The first-order valence-corrected chi connectivity index (χ1v) is 17.7. The highest BCUT2D eigenvalue weighted by molar-refractivity contribution is 7.66. The van der Waals surface area contributed by atoms with E-state index in [1.54, 1.807) is 0 Å². The summed E-state index contributed by atoms with van der Waals surface area (Å²) >= 11 is 0. The summed E-state index contributed by atoms with van der Waals surface area (Å²) in [7, 11) is -15.3. The zero-order valence-electron chi connectivity index (χ0n) is 24.7. The second-order valence-corrected chi connectivity index (χ2v) is 14.6. The Morgan fingerprint density at radius 2 is 1.00 bits per heavy atom. The van der Waals surface area contributed by atoms with Gasteiger partial charge in [-0.15, -0.1) is 0 Å². The Morgan fingerprint density at radius 1 is 0.653 bits per heavy atom. The maximum atomic E-state index is 12.3. The van der Waals surface area contributed by atoms with Gasteiger partial charge in [-0.2, -0.15) is 8.62 Å². The topological polar surface area (TPSA) is 376 Å². The molecule has 2 aliphatic heterocycles. The molecule has 9 N–H and O–H groups in total. The molecule has 0 saturated carbocycles. The van der Waals surface area contributed by atoms with Crippen molar-refractivity contribution in [3.05, 3.63) is 54.1 Å². The number of hydrogen-bond acceptors (Lipinski definition) is 19. The van der Waals surface area contributed by atoms with Gasteiger partial charge in [-0.05, 0) is 0 Å². The summed E-state index contributed by atoms with van der Waals surface area (Å²) in [6, 6.07) is 0. The summed E-state index contributed by atoms with van der Waals surface area (Å²) in [5.41, 5.74) is -4.07. The van der Waals surface area contributed by atoms with Crippen LogP contribution in [0.1, 0.15) is 12.5 Å². The van der Waals surface area contributed by atoms with Crippen molar-refractivity contribution in [3.8, 4) is 11.5 Å². The molecule has 0 amide bonds. The zero-order chi connectivity index (χ0) is 36.6. The first kappa shape index (κ1) is 38.9. The number of hydrogen-bond donors (Lipinski definition) is 9. The van der Waals surface area contributed by atoms with Gasteiger partial charge in [0, 0.05) is 0 Å². The third-order valence-electron chi connectivity index (χ3n) is 6.75. The number of aromatic amines is 2. The highest BCUT2D eigenvalue weighted by Crippen LogP contribution is 2.67. The number of aromatic nitrogens is 4. The summed E-state index contributed by atoms with van der Waals surface area (Å²) < 4.78 is 75.1. The Balaban J connectivity index is 1.34. The van der Waals surface area contributed by atoms with E-state index >= 15 is 0 Å². The maximum Gasteiger partial charge on any atom is 0.490 e. The molecule has 2 aromatic rings. The minimum Gasteiger partial charge on any atom is -0.490 e. The minimum atomic E-state index is -6.04. The molecular weight excluding hydrogens is 741 g/mol. The molecule has 0 aliphatic carbocycles. The van der Waals surface area contributed by atoms with Crippen LogP contribution in [0.4, 0.5) is 0 Å². The van der Waals surface area contributed by atoms with E-state index < -0.39 is 108 Å². The van der Waals surface area contributed by atoms with Crippen molar-refractivity contribution in [1.29, 1.82) is 0 Å². The fraction of sp³-hybridized carbons (Fsp3) is 0.600. The number of methoxy groups -OCH3 is 2. The number of H-pyrrole nitrogens is 2. The third-order valence-corrected chi connectivity index (χ3v) is 11.0. The van der Waals surface area contributed by atoms with Crippen LogP contribution in [0, 0.1) is 0 Å². The lowest BCUT2D eigenvalue weighted by atomic mass is 10.1. The van der Waals surface area contributed by atoms with Crippen LogP contribution in [0.15, 0.2) is 31.6 Å². The lowest BCUT2D eigenvalue weighted by Crippen LogP contribution is -2.38. The first-order valence-electron chi connectivity index (χ1n) is 13.2. The Kier molecular flexibility index (Phi) is 11.7. The average Bonchev–Trinajstić information content (AvgIpc) is 3.43. The van der Waals surface area contributed by atoms with Gasteiger partial charge in [-0.1, -0.05) is 0 Å². The van der Waals surface area contributed by atoms with Crippen LogP contribution in [0.2, 0.25) is 0 Å². The van der Waals surface area contributed by atoms with Crippen molar-refractivity contribution in [2.75, 3.05) is 27.4 Å². The normalized spacial score (nSPS) is 30.7. The van der Waals surface area contributed by atoms with Gasteiger partial charge in [-0.25, -0.2) is 23.3 Å². The number of aliphatic hydroxyl groups excluding tert-OH is 4. The highest BCUT2D eigenvalue weighted by Gasteiger charge is 2.49. The predicted octanol–water partition coefficient (Wildman–Crippen LogP) is -4.29. The third kappa shape index (κ3) is 8.90. The van der Waals surface area contributed by atoms with E-state index in [1.807, 2.05) is 9.97 Å². The second-order valence-electron chi connectivity index (χ2n) is 9.98. The molecule has 2 fully saturated rings. The largest absolute Gasteiger partial charge is 0.490 e. The first-order chi connectivity index (χ1) is 22.7. The molecule has 4 rings (SSSR count). The van der Waals surface area contributed by atoms with E-state index in [-0.39, 0.29) is 11.5 Å². The van der Waals surface area contributed by atoms with Gasteiger partial charge in [-0.3, -0.25) is 37.7 Å². The predicted molar refractivity (Wildman–Crippen MR) is 151 cm³/mol. The molecule has 11 atom stereocenters. The molecule has 0 radical (unpaired) electrons. The number of phosphoric acid groups is 3. The van der Waals surface area contributed by atoms with Gasteiger partial charge in [0.15, 0.2) is 12.5 Å². The molecule has 29 heteroatoms. The molecule has 2 aliphatic rings. The van der Waals surface area contributed by atoms with Crippen molar-refractivity contribution < 1.29 is 85.4 Å². The van der Waals surface area contributed by atoms with E-state index in [2.05, 4.69) is 17.7 Å². The molecule has 7 unspecified atom stereocenters. The molecule has 0 aromatic carbocycles. The van der Waals surface area contributed by atoms with Crippen molar-refractivity contribution in [2.45, 2.75) is 49.1 Å². The van der Waals surface area contributed by atoms with Crippen molar-refractivity contribution in [3.63, 3.8) is 0 Å². The monoisotopic (exact) mass is 770 g/mol. The van der Waals surface area contributed by atoms with Gasteiger partial charge in [0.1, 0.15) is 36.6 Å². The number of nitrogens with zero attached hydrogens (tertiary/aromatic N) is 2. The number of aliphatic hydroxyl groups is 4. The van der Waals surface area contributed by atoms with Crippen molar-refractivity contribution >= 4 is 23.5 Å². The molecular formula is C20H29N4O22P3. The van der Waals surface area contributed by atoms with E-state index in [0.717, 1.165) is 26.6 Å². The van der Waals surface area contributed by atoms with Crippen LogP contribution in [-0.2, 0) is 40.8 Å². The molecule has 276 valence electrons. The van der Waals surface area contributed by atoms with Crippen LogP contribution in [0.3, 0.4) is 0 Å². The zero-order valence-corrected chi connectivity index (χ0v) is 27.4. The maximum absolute atomic E-state index is 12.3. The Labute approximate surface area is 270 Å². The lowest BCUT2D eigenvalue weighted by molar-refractivity contribution is -0.0551. The SMILES string of the molecule is COc1cn([C@@H]2O[C@H](COP(=O)(O)OP(=O)(O)OP(=O)(O)OC[C@@H]3O[C@H](n4cc(OC)c(=O)[nH]c4=O)C(O)C3O)C(O)C2O)c(=O)[nH]c1=O. The second kappa shape index (κ2) is 14.8. The number of ether oxygens (including phenoxy) is 4. The Bertz CT molecular complexity index is 1780. The number of nitrogens with one attached hydrogen (secondary N) is 2. The van der Waals surface area contributed by atoms with Gasteiger partial charge in [0.05, 0.1) is 39.8 Å². The minimum absolute atomic E-state index is 0.390. The fourth-order valence-corrected chi connectivity index (χ4v) is 7.98. The van der Waals surface area contributed by atoms with Gasteiger partial charge >= 0.3 is 34.8 Å². The van der Waals surface area contributed by atoms with Crippen LogP contribution in [0.25, 0.3) is 0 Å². The molecule has 4 heterocycles. The summed E-state index contributed by atoms with van der Waals surface area (Å²) in [4.78, 5) is 81.1. The van der Waals surface area contributed by atoms with E-state index in [1.165, 1.54) is 0 Å². The number of phosphoric ester groups is 2. The molecule has 26 nitrogen and oxygen atoms in total. The quantitative estimate of drug-likeness (QED) is 0.0821. The van der Waals surface area contributed by atoms with Crippen molar-refractivity contribution in [2.24, 2.45) is 0 Å². The molecule has 2 saturated heterocycles. The summed E-state index contributed by atoms with van der Waals surface area (Å²) in [6.07, 6.45) is -12.8. The van der Waals surface area contributed by atoms with Gasteiger partial charge < -0.3 is 54.1 Å². The lowest BCUT2D eigenvalue weighted by Gasteiger charge is -2.21. The Morgan fingerprint density at radius 3 is 1.33 bits per heavy atom. The Hall–Kier alpha value is -2.87. The smallest absolute Gasteiger partial charge is 0.490 e. The summed E-state index contributed by atoms with van der Waals surface area (Å²) in [5, 5.41) is 41.2. The average molecular weight is 770 g/mol. The number of rotatable bonds is 14. The molecule has 2 aromatic heterocycles. The molecule has 0 spiro atoms. The van der Waals surface area contributed by atoms with Crippen LogP contribution >= 0.6 is 23.5 Å². The molecule has 0 bridgehead atoms. The van der Waals surface area contributed by atoms with Crippen LogP contribution in [-0.4, -0.2) is 118 Å². The van der Waals surface area contributed by atoms with Gasteiger partial charge in [0.25, 0.3) is 11.1 Å². The van der Waals surface area contributed by atoms with Gasteiger partial charge in [0.2, 0.25) is 11.5 Å².